The third-order valence-corrected chi connectivity index (χ3v) is 2.85. The van der Waals surface area contributed by atoms with Gasteiger partial charge in [0.15, 0.2) is 0 Å². The molecule has 0 saturated carbocycles. The molecule has 0 N–H and O–H groups in total. The van der Waals surface area contributed by atoms with Crippen LogP contribution in [0.5, 0.6) is 5.88 Å². The number of ether oxygens (including phenoxy) is 1. The van der Waals surface area contributed by atoms with Crippen molar-refractivity contribution in [1.29, 1.82) is 0 Å². The van der Waals surface area contributed by atoms with Gasteiger partial charge >= 0.3 is 0 Å². The zero-order valence-corrected chi connectivity index (χ0v) is 10.3. The van der Waals surface area contributed by atoms with Gasteiger partial charge in [0.1, 0.15) is 0 Å². The zero-order chi connectivity index (χ0) is 10.4. The Morgan fingerprint density at radius 3 is 3.00 bits per heavy atom. The molecule has 1 heterocycles. The Labute approximate surface area is 93.8 Å². The Morgan fingerprint density at radius 2 is 2.36 bits per heavy atom. The minimum absolute atomic E-state index is 0.555. The molecule has 78 valence electrons. The summed E-state index contributed by atoms with van der Waals surface area (Å²) in [4.78, 5) is 4.63. The summed E-state index contributed by atoms with van der Waals surface area (Å²) in [5, 5.41) is 0. The van der Waals surface area contributed by atoms with Gasteiger partial charge in [0, 0.05) is 17.1 Å². The normalized spacial score (nSPS) is 12.5. The average molecular weight is 258 g/mol. The number of methoxy groups -OCH3 is 1. The van der Waals surface area contributed by atoms with Gasteiger partial charge < -0.3 is 4.74 Å². The van der Waals surface area contributed by atoms with Crippen LogP contribution in [0.1, 0.15) is 25.3 Å². The number of rotatable bonds is 5. The van der Waals surface area contributed by atoms with E-state index in [-0.39, 0.29) is 0 Å². The highest BCUT2D eigenvalue weighted by atomic mass is 79.9. The lowest BCUT2D eigenvalue weighted by molar-refractivity contribution is 0.397. The molecule has 2 nitrogen and oxygen atoms in total. The van der Waals surface area contributed by atoms with E-state index in [1.165, 1.54) is 18.4 Å². The van der Waals surface area contributed by atoms with Crippen molar-refractivity contribution in [1.82, 2.24) is 4.98 Å². The predicted molar refractivity (Wildman–Crippen MR) is 62.1 cm³/mol. The highest BCUT2D eigenvalue weighted by Crippen LogP contribution is 2.17. The smallest absolute Gasteiger partial charge is 0.213 e. The summed E-state index contributed by atoms with van der Waals surface area (Å²) in [5.74, 6) is 0.693. The van der Waals surface area contributed by atoms with Crippen LogP contribution in [0.2, 0.25) is 0 Å². The van der Waals surface area contributed by atoms with Gasteiger partial charge in [0.2, 0.25) is 5.88 Å². The van der Waals surface area contributed by atoms with Gasteiger partial charge in [-0.3, -0.25) is 0 Å². The molecule has 1 unspecified atom stereocenters. The molecule has 0 aliphatic heterocycles. The fourth-order valence-electron chi connectivity index (χ4n) is 1.36. The van der Waals surface area contributed by atoms with Gasteiger partial charge in [-0.25, -0.2) is 4.98 Å². The summed E-state index contributed by atoms with van der Waals surface area (Å²) in [7, 11) is 1.64. The summed E-state index contributed by atoms with van der Waals surface area (Å²) in [6.45, 7) is 2.20. The quantitative estimate of drug-likeness (QED) is 0.756. The number of aromatic nitrogens is 1. The third-order valence-electron chi connectivity index (χ3n) is 2.07. The Kier molecular flexibility index (Phi) is 4.94. The van der Waals surface area contributed by atoms with Crippen molar-refractivity contribution < 1.29 is 4.74 Å². The van der Waals surface area contributed by atoms with Crippen molar-refractivity contribution in [2.24, 2.45) is 0 Å². The van der Waals surface area contributed by atoms with E-state index in [1.54, 1.807) is 13.3 Å². The van der Waals surface area contributed by atoms with Crippen molar-refractivity contribution in [2.45, 2.75) is 31.0 Å². The molecule has 0 aromatic carbocycles. The van der Waals surface area contributed by atoms with E-state index in [9.17, 15) is 0 Å². The van der Waals surface area contributed by atoms with Crippen LogP contribution in [0.25, 0.3) is 0 Å². The van der Waals surface area contributed by atoms with Crippen molar-refractivity contribution in [3.63, 3.8) is 0 Å². The molecule has 0 radical (unpaired) electrons. The molecule has 1 atom stereocenters. The van der Waals surface area contributed by atoms with E-state index < -0.39 is 0 Å². The molecule has 1 aromatic heterocycles. The Hall–Kier alpha value is -0.570. The van der Waals surface area contributed by atoms with E-state index in [4.69, 9.17) is 4.74 Å². The number of alkyl halides is 1. The van der Waals surface area contributed by atoms with E-state index in [1.807, 2.05) is 12.1 Å². The monoisotopic (exact) mass is 257 g/mol. The van der Waals surface area contributed by atoms with Crippen LogP contribution in [0, 0.1) is 0 Å². The summed E-state index contributed by atoms with van der Waals surface area (Å²) >= 11 is 3.66. The first-order valence-corrected chi connectivity index (χ1v) is 5.80. The summed E-state index contributed by atoms with van der Waals surface area (Å²) in [5.41, 5.74) is 1.27. The number of hydrogen-bond acceptors (Lipinski definition) is 2. The van der Waals surface area contributed by atoms with E-state index in [2.05, 4.69) is 27.8 Å². The topological polar surface area (TPSA) is 22.1 Å². The van der Waals surface area contributed by atoms with Crippen LogP contribution in [0.4, 0.5) is 0 Å². The van der Waals surface area contributed by atoms with Gasteiger partial charge in [-0.05, 0) is 24.5 Å². The standard InChI is InChI=1S/C11H16BrNO/c1-3-4-10(12)7-9-5-6-13-11(8-9)14-2/h5-6,8,10H,3-4,7H2,1-2H3. The Balaban J connectivity index is 2.57. The summed E-state index contributed by atoms with van der Waals surface area (Å²) in [6, 6.07) is 4.02. The summed E-state index contributed by atoms with van der Waals surface area (Å²) in [6.07, 6.45) is 5.23. The molecule has 0 spiro atoms. The number of pyridine rings is 1. The van der Waals surface area contributed by atoms with Crippen LogP contribution in [-0.2, 0) is 6.42 Å². The highest BCUT2D eigenvalue weighted by Gasteiger charge is 2.05. The van der Waals surface area contributed by atoms with Crippen molar-refractivity contribution >= 4 is 15.9 Å². The van der Waals surface area contributed by atoms with Crippen LogP contribution in [0.15, 0.2) is 18.3 Å². The van der Waals surface area contributed by atoms with Gasteiger partial charge in [0.25, 0.3) is 0 Å². The van der Waals surface area contributed by atoms with Crippen molar-refractivity contribution in [3.05, 3.63) is 23.9 Å². The molecule has 1 aromatic rings. The fourth-order valence-corrected chi connectivity index (χ4v) is 2.19. The van der Waals surface area contributed by atoms with Crippen LogP contribution in [0.3, 0.4) is 0 Å². The number of hydrogen-bond donors (Lipinski definition) is 0. The molecule has 0 aliphatic rings. The van der Waals surface area contributed by atoms with Crippen molar-refractivity contribution in [3.8, 4) is 5.88 Å². The third kappa shape index (κ3) is 3.66. The molecule has 0 amide bonds. The van der Waals surface area contributed by atoms with Gasteiger partial charge in [-0.1, -0.05) is 29.3 Å². The maximum atomic E-state index is 5.07. The molecular formula is C11H16BrNO. The van der Waals surface area contributed by atoms with Crippen molar-refractivity contribution in [2.75, 3.05) is 7.11 Å². The van der Waals surface area contributed by atoms with E-state index in [0.717, 1.165) is 6.42 Å². The van der Waals surface area contributed by atoms with Crippen LogP contribution < -0.4 is 4.74 Å². The summed E-state index contributed by atoms with van der Waals surface area (Å²) < 4.78 is 5.07. The first-order valence-electron chi connectivity index (χ1n) is 4.89. The van der Waals surface area contributed by atoms with Gasteiger partial charge in [-0.2, -0.15) is 0 Å². The van der Waals surface area contributed by atoms with Gasteiger partial charge in [0.05, 0.1) is 7.11 Å². The predicted octanol–water partition coefficient (Wildman–Crippen LogP) is 3.20. The molecule has 0 aliphatic carbocycles. The Morgan fingerprint density at radius 1 is 1.57 bits per heavy atom. The average Bonchev–Trinajstić information content (AvgIpc) is 2.18. The largest absolute Gasteiger partial charge is 0.481 e. The Bertz CT molecular complexity index is 278. The maximum Gasteiger partial charge on any atom is 0.213 e. The zero-order valence-electron chi connectivity index (χ0n) is 8.66. The second-order valence-corrected chi connectivity index (χ2v) is 4.59. The maximum absolute atomic E-state index is 5.07. The SMILES string of the molecule is CCCC(Br)Cc1ccnc(OC)c1. The molecular weight excluding hydrogens is 242 g/mol. The number of halogens is 1. The molecule has 3 heteroatoms. The minimum atomic E-state index is 0.555. The van der Waals surface area contributed by atoms with Crippen LogP contribution in [-0.4, -0.2) is 16.9 Å². The second kappa shape index (κ2) is 6.02. The highest BCUT2D eigenvalue weighted by molar-refractivity contribution is 9.09. The van der Waals surface area contributed by atoms with E-state index in [0.29, 0.717) is 10.7 Å². The first kappa shape index (κ1) is 11.5. The van der Waals surface area contributed by atoms with Gasteiger partial charge in [-0.15, -0.1) is 0 Å². The lowest BCUT2D eigenvalue weighted by atomic mass is 10.1. The first-order chi connectivity index (χ1) is 6.76. The van der Waals surface area contributed by atoms with Crippen LogP contribution >= 0.6 is 15.9 Å². The lowest BCUT2D eigenvalue weighted by Crippen LogP contribution is -2.02. The van der Waals surface area contributed by atoms with E-state index >= 15 is 0 Å². The molecule has 0 saturated heterocycles. The molecule has 14 heavy (non-hydrogen) atoms. The molecule has 0 fully saturated rings. The molecule has 1 rings (SSSR count). The second-order valence-electron chi connectivity index (χ2n) is 3.30. The minimum Gasteiger partial charge on any atom is -0.481 e. The lowest BCUT2D eigenvalue weighted by Gasteiger charge is -2.08. The fraction of sp³-hybridized carbons (Fsp3) is 0.545. The number of nitrogens with zero attached hydrogens (tertiary/aromatic N) is 1. The molecule has 0 bridgehead atoms.